The maximum Gasteiger partial charge on any atom is 0.132 e. The zero-order chi connectivity index (χ0) is 15.5. The van der Waals surface area contributed by atoms with Crippen molar-refractivity contribution in [1.82, 2.24) is 0 Å². The molecule has 0 radical (unpaired) electrons. The minimum Gasteiger partial charge on any atom is -0.457 e. The number of nitrogens with zero attached hydrogens (tertiary/aromatic N) is 1. The molecule has 2 aromatic carbocycles. The highest BCUT2D eigenvalue weighted by Gasteiger charge is 2.18. The van der Waals surface area contributed by atoms with Crippen molar-refractivity contribution in [3.8, 4) is 11.5 Å². The Morgan fingerprint density at radius 3 is 2.86 bits per heavy atom. The predicted octanol–water partition coefficient (Wildman–Crippen LogP) is 4.02. The Labute approximate surface area is 136 Å². The van der Waals surface area contributed by atoms with E-state index in [2.05, 4.69) is 24.0 Å². The van der Waals surface area contributed by atoms with Gasteiger partial charge in [-0.1, -0.05) is 17.7 Å². The van der Waals surface area contributed by atoms with Crippen LogP contribution in [0.1, 0.15) is 18.1 Å². The van der Waals surface area contributed by atoms with E-state index in [1.807, 2.05) is 24.3 Å². The first-order valence-electron chi connectivity index (χ1n) is 7.75. The van der Waals surface area contributed by atoms with E-state index in [1.165, 1.54) is 11.3 Å². The van der Waals surface area contributed by atoms with Crippen LogP contribution >= 0.6 is 11.6 Å². The van der Waals surface area contributed by atoms with Gasteiger partial charge < -0.3 is 15.4 Å². The van der Waals surface area contributed by atoms with Crippen LogP contribution < -0.4 is 15.4 Å². The molecule has 1 aliphatic rings. The quantitative estimate of drug-likeness (QED) is 0.905. The lowest BCUT2D eigenvalue weighted by Crippen LogP contribution is -2.18. The number of halogens is 1. The third kappa shape index (κ3) is 3.06. The summed E-state index contributed by atoms with van der Waals surface area (Å²) < 4.78 is 6.08. The highest BCUT2D eigenvalue weighted by Crippen LogP contribution is 2.34. The van der Waals surface area contributed by atoms with Crippen LogP contribution in [-0.4, -0.2) is 19.6 Å². The summed E-state index contributed by atoms with van der Waals surface area (Å²) in [5, 5.41) is 0.675. The van der Waals surface area contributed by atoms with Crippen LogP contribution in [0.15, 0.2) is 36.4 Å². The van der Waals surface area contributed by atoms with Gasteiger partial charge in [0.15, 0.2) is 0 Å². The van der Waals surface area contributed by atoms with Gasteiger partial charge in [-0.3, -0.25) is 0 Å². The minimum atomic E-state index is 0.591. The van der Waals surface area contributed by atoms with Gasteiger partial charge in [-0.2, -0.15) is 0 Å². The second-order valence-corrected chi connectivity index (χ2v) is 5.95. The summed E-state index contributed by atoms with van der Waals surface area (Å²) in [6.45, 7) is 4.91. The Morgan fingerprint density at radius 1 is 1.23 bits per heavy atom. The number of benzene rings is 2. The van der Waals surface area contributed by atoms with E-state index >= 15 is 0 Å². The van der Waals surface area contributed by atoms with Gasteiger partial charge in [-0.15, -0.1) is 0 Å². The Bertz CT molecular complexity index is 672. The zero-order valence-electron chi connectivity index (χ0n) is 12.8. The first kappa shape index (κ1) is 15.2. The average molecular weight is 317 g/mol. The molecule has 4 heteroatoms. The Balaban J connectivity index is 1.86. The predicted molar refractivity (Wildman–Crippen MR) is 92.3 cm³/mol. The normalized spacial score (nSPS) is 13.3. The highest BCUT2D eigenvalue weighted by atomic mass is 35.5. The van der Waals surface area contributed by atoms with E-state index in [0.29, 0.717) is 11.6 Å². The molecule has 0 atom stereocenters. The number of anilines is 1. The summed E-state index contributed by atoms with van der Waals surface area (Å²) in [4.78, 5) is 2.39. The number of hydrogen-bond donors (Lipinski definition) is 1. The second-order valence-electron chi connectivity index (χ2n) is 5.51. The summed E-state index contributed by atoms with van der Waals surface area (Å²) in [5.41, 5.74) is 9.43. The molecule has 0 amide bonds. The molecule has 3 rings (SSSR count). The van der Waals surface area contributed by atoms with Gasteiger partial charge in [-0.05, 0) is 67.8 Å². The van der Waals surface area contributed by atoms with Gasteiger partial charge >= 0.3 is 0 Å². The topological polar surface area (TPSA) is 38.5 Å². The summed E-state index contributed by atoms with van der Waals surface area (Å²) in [5.74, 6) is 1.65. The lowest BCUT2D eigenvalue weighted by molar-refractivity contribution is 0.476. The monoisotopic (exact) mass is 316 g/mol. The number of rotatable bonds is 5. The van der Waals surface area contributed by atoms with E-state index in [9.17, 15) is 0 Å². The van der Waals surface area contributed by atoms with Crippen LogP contribution in [0.5, 0.6) is 11.5 Å². The Kier molecular flexibility index (Phi) is 4.55. The van der Waals surface area contributed by atoms with Crippen LogP contribution in [0.2, 0.25) is 5.02 Å². The number of hydrogen-bond acceptors (Lipinski definition) is 3. The molecule has 0 fully saturated rings. The number of ether oxygens (including phenoxy) is 1. The zero-order valence-corrected chi connectivity index (χ0v) is 13.6. The molecule has 3 nitrogen and oxygen atoms in total. The summed E-state index contributed by atoms with van der Waals surface area (Å²) in [6.07, 6.45) is 1.85. The van der Waals surface area contributed by atoms with Crippen LogP contribution in [0, 0.1) is 0 Å². The minimum absolute atomic E-state index is 0.591. The third-order valence-electron chi connectivity index (χ3n) is 4.10. The van der Waals surface area contributed by atoms with E-state index < -0.39 is 0 Å². The van der Waals surface area contributed by atoms with Crippen molar-refractivity contribution in [2.45, 2.75) is 19.8 Å². The average Bonchev–Trinajstić information content (AvgIpc) is 2.92. The molecule has 0 saturated carbocycles. The summed E-state index contributed by atoms with van der Waals surface area (Å²) >= 11 is 6.10. The Hall–Kier alpha value is -1.71. The molecule has 0 aromatic heterocycles. The van der Waals surface area contributed by atoms with Crippen molar-refractivity contribution in [2.24, 2.45) is 5.73 Å². The van der Waals surface area contributed by atoms with Crippen LogP contribution in [0.4, 0.5) is 5.69 Å². The summed E-state index contributed by atoms with van der Waals surface area (Å²) in [6, 6.07) is 12.0. The van der Waals surface area contributed by atoms with E-state index in [-0.39, 0.29) is 0 Å². The van der Waals surface area contributed by atoms with E-state index in [0.717, 1.165) is 43.0 Å². The van der Waals surface area contributed by atoms with Crippen molar-refractivity contribution in [1.29, 1.82) is 0 Å². The van der Waals surface area contributed by atoms with Crippen LogP contribution in [0.25, 0.3) is 0 Å². The molecule has 0 spiro atoms. The van der Waals surface area contributed by atoms with E-state index in [4.69, 9.17) is 22.1 Å². The fourth-order valence-corrected chi connectivity index (χ4v) is 3.11. The van der Waals surface area contributed by atoms with Crippen molar-refractivity contribution >= 4 is 17.3 Å². The van der Waals surface area contributed by atoms with Gasteiger partial charge in [0.25, 0.3) is 0 Å². The number of nitrogens with two attached hydrogens (primary N) is 1. The number of fused-ring (bicyclic) bond motifs is 1. The van der Waals surface area contributed by atoms with Crippen molar-refractivity contribution in [3.63, 3.8) is 0 Å². The molecule has 0 saturated heterocycles. The molecule has 1 heterocycles. The smallest absolute Gasteiger partial charge is 0.132 e. The standard InChI is InChI=1S/C18H21ClN2O/c1-2-21-10-8-14-11-16(5-6-17(14)21)22-18-12-15(19)4-3-13(18)7-9-20/h3-6,11-12H,2,7-10,20H2,1H3. The molecule has 0 bridgehead atoms. The molecule has 116 valence electrons. The van der Waals surface area contributed by atoms with Gasteiger partial charge in [-0.25, -0.2) is 0 Å². The molecular formula is C18H21ClN2O. The van der Waals surface area contributed by atoms with Gasteiger partial charge in [0.2, 0.25) is 0 Å². The number of likely N-dealkylation sites (N-methyl/N-ethyl adjacent to an activating group) is 1. The molecule has 0 aliphatic carbocycles. The maximum absolute atomic E-state index is 6.10. The van der Waals surface area contributed by atoms with Gasteiger partial charge in [0.05, 0.1) is 0 Å². The largest absolute Gasteiger partial charge is 0.457 e. The van der Waals surface area contributed by atoms with Crippen molar-refractivity contribution in [2.75, 3.05) is 24.5 Å². The fraction of sp³-hybridized carbons (Fsp3) is 0.333. The molecule has 0 unspecified atom stereocenters. The highest BCUT2D eigenvalue weighted by molar-refractivity contribution is 6.30. The molecular weight excluding hydrogens is 296 g/mol. The van der Waals surface area contributed by atoms with Crippen molar-refractivity contribution in [3.05, 3.63) is 52.5 Å². The first-order chi connectivity index (χ1) is 10.7. The molecule has 22 heavy (non-hydrogen) atoms. The van der Waals surface area contributed by atoms with Gasteiger partial charge in [0.1, 0.15) is 11.5 Å². The van der Waals surface area contributed by atoms with Crippen LogP contribution in [-0.2, 0) is 12.8 Å². The maximum atomic E-state index is 6.10. The first-order valence-corrected chi connectivity index (χ1v) is 8.13. The lowest BCUT2D eigenvalue weighted by atomic mass is 10.1. The second kappa shape index (κ2) is 6.59. The molecule has 2 N–H and O–H groups in total. The molecule has 2 aromatic rings. The third-order valence-corrected chi connectivity index (χ3v) is 4.33. The van der Waals surface area contributed by atoms with Crippen LogP contribution in [0.3, 0.4) is 0 Å². The fourth-order valence-electron chi connectivity index (χ4n) is 2.95. The SMILES string of the molecule is CCN1CCc2cc(Oc3cc(Cl)ccc3CCN)ccc21. The molecule has 1 aliphatic heterocycles. The lowest BCUT2D eigenvalue weighted by Gasteiger charge is -2.17. The van der Waals surface area contributed by atoms with E-state index in [1.54, 1.807) is 0 Å². The summed E-state index contributed by atoms with van der Waals surface area (Å²) in [7, 11) is 0. The van der Waals surface area contributed by atoms with Crippen molar-refractivity contribution < 1.29 is 4.74 Å². The Morgan fingerprint density at radius 2 is 2.09 bits per heavy atom. The van der Waals surface area contributed by atoms with Gasteiger partial charge in [0, 0.05) is 23.8 Å².